The van der Waals surface area contributed by atoms with Gasteiger partial charge in [0.25, 0.3) is 0 Å². The van der Waals surface area contributed by atoms with Crippen molar-refractivity contribution >= 4 is 0 Å². The highest BCUT2D eigenvalue weighted by Gasteiger charge is 2.50. The van der Waals surface area contributed by atoms with Gasteiger partial charge in [-0.1, -0.05) is 0 Å². The number of hydrogen-bond acceptors (Lipinski definition) is 2. The van der Waals surface area contributed by atoms with Crippen molar-refractivity contribution < 1.29 is 4.42 Å². The van der Waals surface area contributed by atoms with Gasteiger partial charge < -0.3 is 10.2 Å². The second-order valence-electron chi connectivity index (χ2n) is 3.88. The normalized spacial score (nSPS) is 22.2. The summed E-state index contributed by atoms with van der Waals surface area (Å²) in [5, 5.41) is 0. The van der Waals surface area contributed by atoms with Crippen molar-refractivity contribution in [3.05, 3.63) is 23.7 Å². The van der Waals surface area contributed by atoms with Gasteiger partial charge in [0.2, 0.25) is 0 Å². The van der Waals surface area contributed by atoms with Crippen LogP contribution in [-0.2, 0) is 5.41 Å². The third-order valence-electron chi connectivity index (χ3n) is 2.97. The van der Waals surface area contributed by atoms with Gasteiger partial charge in [-0.2, -0.15) is 0 Å². The number of hydrogen-bond donors (Lipinski definition) is 1. The van der Waals surface area contributed by atoms with Crippen LogP contribution in [0.5, 0.6) is 0 Å². The van der Waals surface area contributed by atoms with Gasteiger partial charge in [0.05, 0.1) is 6.26 Å². The first-order valence-electron chi connectivity index (χ1n) is 4.47. The highest BCUT2D eigenvalue weighted by Crippen LogP contribution is 2.51. The van der Waals surface area contributed by atoms with Crippen LogP contribution in [0.1, 0.15) is 31.1 Å². The molecular formula is C10H15NO. The molecule has 1 heterocycles. The third-order valence-corrected chi connectivity index (χ3v) is 2.97. The molecule has 2 heteroatoms. The predicted octanol–water partition coefficient (Wildman–Crippen LogP) is 1.97. The highest BCUT2D eigenvalue weighted by atomic mass is 16.3. The van der Waals surface area contributed by atoms with E-state index in [4.69, 9.17) is 10.2 Å². The number of furan rings is 1. The molecule has 2 nitrogen and oxygen atoms in total. The van der Waals surface area contributed by atoms with Crippen LogP contribution < -0.4 is 5.73 Å². The van der Waals surface area contributed by atoms with Gasteiger partial charge in [-0.15, -0.1) is 0 Å². The van der Waals surface area contributed by atoms with E-state index in [-0.39, 0.29) is 11.5 Å². The molecule has 0 saturated heterocycles. The van der Waals surface area contributed by atoms with Crippen LogP contribution in [0.3, 0.4) is 0 Å². The molecule has 66 valence electrons. The average Bonchev–Trinajstić information content (AvgIpc) is 2.71. The lowest BCUT2D eigenvalue weighted by molar-refractivity contribution is 0.411. The van der Waals surface area contributed by atoms with Gasteiger partial charge in [0.1, 0.15) is 5.76 Å². The van der Waals surface area contributed by atoms with Crippen LogP contribution in [0.4, 0.5) is 0 Å². The van der Waals surface area contributed by atoms with E-state index in [1.54, 1.807) is 6.26 Å². The smallest absolute Gasteiger partial charge is 0.114 e. The minimum Gasteiger partial charge on any atom is -0.468 e. The minimum atomic E-state index is 0.174. The maximum absolute atomic E-state index is 5.93. The zero-order valence-electron chi connectivity index (χ0n) is 7.63. The Balaban J connectivity index is 2.36. The summed E-state index contributed by atoms with van der Waals surface area (Å²) in [6, 6.07) is 2.22. The molecule has 1 aliphatic carbocycles. The summed E-state index contributed by atoms with van der Waals surface area (Å²) in [5.74, 6) is 1.11. The lowest BCUT2D eigenvalue weighted by Crippen LogP contribution is -2.31. The molecule has 0 amide bonds. The Hall–Kier alpha value is -0.760. The summed E-state index contributed by atoms with van der Waals surface area (Å²) in [4.78, 5) is 0. The van der Waals surface area contributed by atoms with Crippen molar-refractivity contribution in [2.45, 2.75) is 38.1 Å². The molecule has 2 rings (SSSR count). The topological polar surface area (TPSA) is 39.2 Å². The lowest BCUT2D eigenvalue weighted by atomic mass is 9.93. The maximum Gasteiger partial charge on any atom is 0.114 e. The molecule has 1 atom stereocenters. The van der Waals surface area contributed by atoms with Crippen molar-refractivity contribution in [2.75, 3.05) is 0 Å². The summed E-state index contributed by atoms with van der Waals surface area (Å²) < 4.78 is 5.47. The van der Waals surface area contributed by atoms with E-state index >= 15 is 0 Å². The molecule has 0 aromatic carbocycles. The summed E-state index contributed by atoms with van der Waals surface area (Å²) in [6.07, 6.45) is 4.12. The standard InChI is InChI=1S/C10H15NO/c1-7-3-6-12-9(7)10(4-5-10)8(2)11/h3,6,8H,4-5,11H2,1-2H3. The minimum absolute atomic E-state index is 0.174. The largest absolute Gasteiger partial charge is 0.468 e. The Bertz CT molecular complexity index is 284. The van der Waals surface area contributed by atoms with E-state index < -0.39 is 0 Å². The van der Waals surface area contributed by atoms with Crippen molar-refractivity contribution in [1.29, 1.82) is 0 Å². The van der Waals surface area contributed by atoms with Gasteiger partial charge >= 0.3 is 0 Å². The first-order chi connectivity index (χ1) is 5.67. The molecule has 1 aromatic heterocycles. The van der Waals surface area contributed by atoms with Crippen LogP contribution in [0.15, 0.2) is 16.7 Å². The van der Waals surface area contributed by atoms with Crippen LogP contribution in [0, 0.1) is 6.92 Å². The molecule has 0 bridgehead atoms. The molecule has 0 aliphatic heterocycles. The fraction of sp³-hybridized carbons (Fsp3) is 0.600. The maximum atomic E-state index is 5.93. The van der Waals surface area contributed by atoms with E-state index in [1.807, 2.05) is 6.07 Å². The Morgan fingerprint density at radius 2 is 2.25 bits per heavy atom. The van der Waals surface area contributed by atoms with Gasteiger partial charge in [0, 0.05) is 11.5 Å². The first kappa shape index (κ1) is 7.87. The van der Waals surface area contributed by atoms with E-state index in [2.05, 4.69) is 13.8 Å². The Morgan fingerprint density at radius 3 is 2.58 bits per heavy atom. The second kappa shape index (κ2) is 2.36. The zero-order chi connectivity index (χ0) is 8.77. The summed E-state index contributed by atoms with van der Waals surface area (Å²) in [6.45, 7) is 4.15. The number of nitrogens with two attached hydrogens (primary N) is 1. The number of rotatable bonds is 2. The first-order valence-corrected chi connectivity index (χ1v) is 4.47. The number of aryl methyl sites for hydroxylation is 1. The van der Waals surface area contributed by atoms with Crippen LogP contribution in [0.2, 0.25) is 0 Å². The molecule has 2 N–H and O–H groups in total. The molecule has 1 aliphatic rings. The summed E-state index contributed by atoms with van der Waals surface area (Å²) >= 11 is 0. The lowest BCUT2D eigenvalue weighted by Gasteiger charge is -2.17. The van der Waals surface area contributed by atoms with E-state index in [0.29, 0.717) is 0 Å². The van der Waals surface area contributed by atoms with Crippen LogP contribution in [0.25, 0.3) is 0 Å². The fourth-order valence-electron chi connectivity index (χ4n) is 1.91. The van der Waals surface area contributed by atoms with Gasteiger partial charge in [0.15, 0.2) is 0 Å². The fourth-order valence-corrected chi connectivity index (χ4v) is 1.91. The second-order valence-corrected chi connectivity index (χ2v) is 3.88. The molecule has 1 fully saturated rings. The van der Waals surface area contributed by atoms with E-state index in [9.17, 15) is 0 Å². The predicted molar refractivity (Wildman–Crippen MR) is 48.0 cm³/mol. The molecule has 0 spiro atoms. The van der Waals surface area contributed by atoms with Crippen molar-refractivity contribution in [3.63, 3.8) is 0 Å². The average molecular weight is 165 g/mol. The molecule has 12 heavy (non-hydrogen) atoms. The highest BCUT2D eigenvalue weighted by molar-refractivity contribution is 5.31. The quantitative estimate of drug-likeness (QED) is 0.727. The monoisotopic (exact) mass is 165 g/mol. The van der Waals surface area contributed by atoms with Crippen molar-refractivity contribution in [1.82, 2.24) is 0 Å². The van der Waals surface area contributed by atoms with Crippen LogP contribution >= 0.6 is 0 Å². The third kappa shape index (κ3) is 0.911. The Labute approximate surface area is 72.7 Å². The molecular weight excluding hydrogens is 150 g/mol. The Morgan fingerprint density at radius 1 is 1.58 bits per heavy atom. The SMILES string of the molecule is Cc1ccoc1C1(C(C)N)CC1. The van der Waals surface area contributed by atoms with Crippen molar-refractivity contribution in [3.8, 4) is 0 Å². The van der Waals surface area contributed by atoms with Gasteiger partial charge in [-0.05, 0) is 38.3 Å². The van der Waals surface area contributed by atoms with Gasteiger partial charge in [-0.25, -0.2) is 0 Å². The molecule has 1 unspecified atom stereocenters. The molecule has 1 saturated carbocycles. The van der Waals surface area contributed by atoms with Gasteiger partial charge in [-0.3, -0.25) is 0 Å². The van der Waals surface area contributed by atoms with Crippen molar-refractivity contribution in [2.24, 2.45) is 5.73 Å². The summed E-state index contributed by atoms with van der Waals surface area (Å²) in [7, 11) is 0. The Kier molecular flexibility index (Phi) is 1.55. The summed E-state index contributed by atoms with van der Waals surface area (Å²) in [5.41, 5.74) is 7.35. The molecule has 1 aromatic rings. The molecule has 0 radical (unpaired) electrons. The zero-order valence-corrected chi connectivity index (χ0v) is 7.63. The van der Waals surface area contributed by atoms with E-state index in [0.717, 1.165) is 5.76 Å². The van der Waals surface area contributed by atoms with Crippen LogP contribution in [-0.4, -0.2) is 6.04 Å². The van der Waals surface area contributed by atoms with E-state index in [1.165, 1.54) is 18.4 Å².